The maximum atomic E-state index is 14.3. The van der Waals surface area contributed by atoms with Gasteiger partial charge in [0.15, 0.2) is 5.69 Å². The monoisotopic (exact) mass is 594 g/mol. The van der Waals surface area contributed by atoms with Crippen molar-refractivity contribution in [3.63, 3.8) is 0 Å². The van der Waals surface area contributed by atoms with Crippen molar-refractivity contribution in [1.82, 2.24) is 20.1 Å². The molecule has 1 saturated heterocycles. The van der Waals surface area contributed by atoms with Gasteiger partial charge in [0.2, 0.25) is 11.8 Å². The van der Waals surface area contributed by atoms with Gasteiger partial charge in [0.25, 0.3) is 0 Å². The molecule has 0 radical (unpaired) electrons. The van der Waals surface area contributed by atoms with Crippen LogP contribution in [0.15, 0.2) is 5.38 Å². The molecular weight excluding hydrogens is 544 g/mol. The molecule has 1 aromatic heterocycles. The Morgan fingerprint density at radius 1 is 1.20 bits per heavy atom. The fourth-order valence-electron chi connectivity index (χ4n) is 5.33. The number of Topliss-reactive ketones (excluding diaryl/α,β-unsaturated/α-hetero) is 1. The summed E-state index contributed by atoms with van der Waals surface area (Å²) in [5, 5.41) is 16.1. The fraction of sp³-hybridized carbons (Fsp3) is 0.767. The summed E-state index contributed by atoms with van der Waals surface area (Å²) in [5.41, 5.74) is 0.123. The number of esters is 1. The lowest BCUT2D eigenvalue weighted by Gasteiger charge is -2.40. The van der Waals surface area contributed by atoms with Crippen molar-refractivity contribution >= 4 is 34.9 Å². The molecule has 0 aliphatic carbocycles. The molecule has 1 fully saturated rings. The molecule has 232 valence electrons. The molecule has 0 spiro atoms. The number of ether oxygens (including phenoxy) is 1. The number of nitrogens with zero attached hydrogens (tertiary/aromatic N) is 3. The summed E-state index contributed by atoms with van der Waals surface area (Å²) in [7, 11) is 3.21. The summed E-state index contributed by atoms with van der Waals surface area (Å²) in [6, 6.07) is -1.47. The number of hydrogen-bond acceptors (Lipinski definition) is 9. The molecule has 2 amide bonds. The average Bonchev–Trinajstić information content (AvgIpc) is 3.45. The highest BCUT2D eigenvalue weighted by Crippen LogP contribution is 2.29. The molecule has 0 unspecified atom stereocenters. The zero-order valence-corrected chi connectivity index (χ0v) is 26.7. The molecule has 10 nitrogen and oxygen atoms in total. The Balaban J connectivity index is 2.37. The third-order valence-corrected chi connectivity index (χ3v) is 9.08. The summed E-state index contributed by atoms with van der Waals surface area (Å²) < 4.78 is 4.74. The predicted molar refractivity (Wildman–Crippen MR) is 160 cm³/mol. The largest absolute Gasteiger partial charge is 0.464 e. The topological polar surface area (TPSA) is 129 Å². The molecule has 0 saturated carbocycles. The smallest absolute Gasteiger partial charge is 0.357 e. The standard InChI is InChI=1S/C30H50N4O6S/c1-8-12-21(35)14-16-34(24(19(3)4)17-25(36)28-31-22(18-41-28)30(39)40-7)29(38)26(20(5)9-2)32-27(37)23-13-10-11-15-33(23)6/h18-20,23-26,36H,8-17H2,1-7H3,(H,32,37)/t20-,23+,24+,25+,26-/m0/s1. The van der Waals surface area contributed by atoms with Crippen molar-refractivity contribution in [3.05, 3.63) is 16.1 Å². The second-order valence-electron chi connectivity index (χ2n) is 11.6. The van der Waals surface area contributed by atoms with Crippen molar-refractivity contribution < 1.29 is 29.0 Å². The summed E-state index contributed by atoms with van der Waals surface area (Å²) in [6.07, 6.45) is 3.97. The Morgan fingerprint density at radius 3 is 2.49 bits per heavy atom. The van der Waals surface area contributed by atoms with Gasteiger partial charge in [-0.1, -0.05) is 47.5 Å². The van der Waals surface area contributed by atoms with E-state index >= 15 is 0 Å². The van der Waals surface area contributed by atoms with E-state index < -0.39 is 24.2 Å². The van der Waals surface area contributed by atoms with E-state index in [1.54, 1.807) is 4.90 Å². The molecular formula is C30H50N4O6S. The molecule has 2 rings (SSSR count). The minimum atomic E-state index is -1.03. The van der Waals surface area contributed by atoms with Gasteiger partial charge in [0.05, 0.1) is 13.2 Å². The minimum absolute atomic E-state index is 0.0623. The first kappa shape index (κ1) is 34.8. The number of methoxy groups -OCH3 is 1. The molecule has 1 aromatic rings. The van der Waals surface area contributed by atoms with Crippen LogP contribution in [0.4, 0.5) is 0 Å². The first-order chi connectivity index (χ1) is 19.4. The van der Waals surface area contributed by atoms with Crippen molar-refractivity contribution in [3.8, 4) is 0 Å². The minimum Gasteiger partial charge on any atom is -0.464 e. The number of rotatable bonds is 16. The van der Waals surface area contributed by atoms with Gasteiger partial charge in [-0.15, -0.1) is 11.3 Å². The van der Waals surface area contributed by atoms with Crippen LogP contribution in [-0.4, -0.2) is 88.8 Å². The van der Waals surface area contributed by atoms with Gasteiger partial charge in [-0.3, -0.25) is 19.3 Å². The number of likely N-dealkylation sites (N-methyl/N-ethyl adjacent to an activating group) is 1. The van der Waals surface area contributed by atoms with E-state index in [2.05, 4.69) is 10.3 Å². The van der Waals surface area contributed by atoms with E-state index in [0.29, 0.717) is 17.8 Å². The number of aliphatic hydroxyl groups excluding tert-OH is 1. The number of carbonyl (C=O) groups is 4. The zero-order chi connectivity index (χ0) is 30.7. The first-order valence-electron chi connectivity index (χ1n) is 15.0. The van der Waals surface area contributed by atoms with Gasteiger partial charge in [-0.05, 0) is 44.7 Å². The molecule has 2 heterocycles. The molecule has 0 bridgehead atoms. The first-order valence-corrected chi connectivity index (χ1v) is 15.9. The van der Waals surface area contributed by atoms with Gasteiger partial charge in [0.1, 0.15) is 22.9 Å². The van der Waals surface area contributed by atoms with Crippen molar-refractivity contribution in [1.29, 1.82) is 0 Å². The van der Waals surface area contributed by atoms with Crippen molar-refractivity contribution in [2.75, 3.05) is 27.2 Å². The SMILES string of the molecule is CCCC(=O)CCN(C(=O)[C@@H](NC(=O)[C@H]1CCCCN1C)[C@@H](C)CC)[C@H](C[C@@H](O)c1nc(C(=O)OC)cs1)C(C)C. The highest BCUT2D eigenvalue weighted by molar-refractivity contribution is 7.09. The van der Waals surface area contributed by atoms with Crippen LogP contribution in [0.2, 0.25) is 0 Å². The van der Waals surface area contributed by atoms with E-state index in [9.17, 15) is 24.3 Å². The molecule has 11 heteroatoms. The number of hydrogen-bond donors (Lipinski definition) is 2. The maximum Gasteiger partial charge on any atom is 0.357 e. The second kappa shape index (κ2) is 16.9. The lowest BCUT2D eigenvalue weighted by atomic mass is 9.91. The van der Waals surface area contributed by atoms with E-state index in [1.807, 2.05) is 46.6 Å². The van der Waals surface area contributed by atoms with E-state index in [0.717, 1.165) is 43.6 Å². The number of ketones is 1. The second-order valence-corrected chi connectivity index (χ2v) is 12.4. The molecule has 1 aliphatic heterocycles. The van der Waals surface area contributed by atoms with Gasteiger partial charge >= 0.3 is 5.97 Å². The number of amides is 2. The van der Waals surface area contributed by atoms with Gasteiger partial charge < -0.3 is 20.1 Å². The van der Waals surface area contributed by atoms with Crippen LogP contribution in [0, 0.1) is 11.8 Å². The Labute approximate surface area is 249 Å². The Morgan fingerprint density at radius 2 is 1.90 bits per heavy atom. The number of carbonyl (C=O) groups excluding carboxylic acids is 4. The predicted octanol–water partition coefficient (Wildman–Crippen LogP) is 3.98. The van der Waals surface area contributed by atoms with Crippen molar-refractivity contribution in [2.45, 2.75) is 110 Å². The van der Waals surface area contributed by atoms with Gasteiger partial charge in [-0.25, -0.2) is 9.78 Å². The lowest BCUT2D eigenvalue weighted by molar-refractivity contribution is -0.143. The third kappa shape index (κ3) is 9.85. The van der Waals surface area contributed by atoms with E-state index in [4.69, 9.17) is 4.74 Å². The summed E-state index contributed by atoms with van der Waals surface area (Å²) in [5.74, 6) is -1.09. The number of likely N-dealkylation sites (tertiary alicyclic amines) is 1. The van der Waals surface area contributed by atoms with Crippen LogP contribution >= 0.6 is 11.3 Å². The summed E-state index contributed by atoms with van der Waals surface area (Å²) >= 11 is 1.16. The van der Waals surface area contributed by atoms with Crippen LogP contribution in [0.5, 0.6) is 0 Å². The summed E-state index contributed by atoms with van der Waals surface area (Å²) in [4.78, 5) is 60.2. The van der Waals surface area contributed by atoms with E-state index in [-0.39, 0.29) is 60.6 Å². The Kier molecular flexibility index (Phi) is 14.4. The Hall–Kier alpha value is -2.37. The van der Waals surface area contributed by atoms with Crippen LogP contribution < -0.4 is 5.32 Å². The van der Waals surface area contributed by atoms with Crippen LogP contribution in [0.25, 0.3) is 0 Å². The average molecular weight is 595 g/mol. The van der Waals surface area contributed by atoms with Crippen LogP contribution in [-0.2, 0) is 19.1 Å². The Bertz CT molecular complexity index is 1010. The highest BCUT2D eigenvalue weighted by atomic mass is 32.1. The number of nitrogens with one attached hydrogen (secondary N) is 1. The molecule has 0 aromatic carbocycles. The highest BCUT2D eigenvalue weighted by Gasteiger charge is 2.38. The number of aromatic nitrogens is 1. The van der Waals surface area contributed by atoms with Crippen molar-refractivity contribution in [2.24, 2.45) is 11.8 Å². The fourth-order valence-corrected chi connectivity index (χ4v) is 6.12. The molecule has 1 aliphatic rings. The lowest BCUT2D eigenvalue weighted by Crippen LogP contribution is -2.59. The van der Waals surface area contributed by atoms with Gasteiger partial charge in [-0.2, -0.15) is 0 Å². The summed E-state index contributed by atoms with van der Waals surface area (Å²) in [6.45, 7) is 10.9. The van der Waals surface area contributed by atoms with E-state index in [1.165, 1.54) is 12.5 Å². The van der Waals surface area contributed by atoms with Crippen LogP contribution in [0.1, 0.15) is 108 Å². The number of piperidine rings is 1. The normalized spacial score (nSPS) is 18.8. The quantitative estimate of drug-likeness (QED) is 0.275. The molecule has 41 heavy (non-hydrogen) atoms. The third-order valence-electron chi connectivity index (χ3n) is 8.13. The van der Waals surface area contributed by atoms with Gasteiger partial charge in [0, 0.05) is 37.2 Å². The van der Waals surface area contributed by atoms with Crippen LogP contribution in [0.3, 0.4) is 0 Å². The molecule has 2 N–H and O–H groups in total. The maximum absolute atomic E-state index is 14.3. The number of aliphatic hydroxyl groups is 1. The zero-order valence-electron chi connectivity index (χ0n) is 25.9. The number of thiazole rings is 1. The molecule has 5 atom stereocenters.